The van der Waals surface area contributed by atoms with Crippen LogP contribution in [0.2, 0.25) is 9.88 Å². The summed E-state index contributed by atoms with van der Waals surface area (Å²) in [4.78, 5) is 4.59. The maximum absolute atomic E-state index is 10.7. The molecule has 0 saturated heterocycles. The number of rotatable bonds is 0. The molecule has 0 spiro atoms. The van der Waals surface area contributed by atoms with E-state index in [9.17, 15) is 50.4 Å². The van der Waals surface area contributed by atoms with Crippen molar-refractivity contribution in [2.45, 2.75) is 9.88 Å². The Morgan fingerprint density at radius 2 is 0.500 bits per heavy atom. The molecule has 0 aliphatic heterocycles. The molecule has 0 aromatic carbocycles. The number of hydrogen-bond acceptors (Lipinski definition) is 0. The summed E-state index contributed by atoms with van der Waals surface area (Å²) in [5, 5.41) is 0. The van der Waals surface area contributed by atoms with Crippen LogP contribution in [0.3, 0.4) is 0 Å². The van der Waals surface area contributed by atoms with Gasteiger partial charge in [-0.1, -0.05) is 0 Å². The number of hydrogen-bond donors (Lipinski definition) is 0. The Hall–Kier alpha value is 1.25. The minimum atomic E-state index is -10.7. The number of halogens is 12. The predicted octanol–water partition coefficient (Wildman–Crippen LogP) is 7.61. The van der Waals surface area contributed by atoms with Gasteiger partial charge in [0.05, 0.1) is 0 Å². The van der Waals surface area contributed by atoms with Crippen molar-refractivity contribution >= 4 is 46.7 Å². The van der Waals surface area contributed by atoms with E-state index in [1.54, 1.807) is 0 Å². The molecule has 18 heavy (non-hydrogen) atoms. The second-order valence-corrected chi connectivity index (χ2v) is 9.10. The Morgan fingerprint density at radius 1 is 0.500 bits per heavy atom. The van der Waals surface area contributed by atoms with Crippen LogP contribution in [0.4, 0.5) is 50.4 Å². The average molecular weight is 473 g/mol. The van der Waals surface area contributed by atoms with Crippen LogP contribution < -0.4 is 0 Å². The van der Waals surface area contributed by atoms with Gasteiger partial charge in [-0.05, 0) is 0 Å². The van der Waals surface area contributed by atoms with Gasteiger partial charge in [-0.15, -0.1) is 0 Å². The van der Waals surface area contributed by atoms with Crippen molar-refractivity contribution in [2.75, 3.05) is 0 Å². The zero-order chi connectivity index (χ0) is 15.5. The molecule has 0 bridgehead atoms. The molecule has 0 saturated carbocycles. The van der Waals surface area contributed by atoms with Crippen LogP contribution in [-0.4, -0.2) is 21.1 Å². The molecule has 0 N–H and O–H groups in total. The van der Waals surface area contributed by atoms with Gasteiger partial charge < -0.3 is 0 Å². The molecule has 0 radical (unpaired) electrons. The van der Waals surface area contributed by atoms with Crippen LogP contribution in [-0.2, 0) is 0 Å². The second kappa shape index (κ2) is 5.22. The zero-order valence-corrected chi connectivity index (χ0v) is 14.7. The molecule has 0 aliphatic rings. The third-order valence-corrected chi connectivity index (χ3v) is 0. The van der Waals surface area contributed by atoms with Gasteiger partial charge >= 0.3 is 97.0 Å². The third-order valence-electron chi connectivity index (χ3n) is 0. The van der Waals surface area contributed by atoms with Gasteiger partial charge in [-0.25, -0.2) is 0 Å². The van der Waals surface area contributed by atoms with Crippen LogP contribution >= 0.6 is 25.5 Å². The van der Waals surface area contributed by atoms with Crippen molar-refractivity contribution in [3.05, 3.63) is 0 Å². The van der Waals surface area contributed by atoms with Crippen molar-refractivity contribution in [3.8, 4) is 0 Å². The van der Waals surface area contributed by atoms with Crippen LogP contribution in [0.1, 0.15) is 0 Å². The van der Waals surface area contributed by atoms with E-state index in [1.165, 1.54) is 0 Å². The molecular weight excluding hydrogens is 464 g/mol. The van der Waals surface area contributed by atoms with Crippen LogP contribution in [0, 0.1) is 0 Å². The Kier molecular flexibility index (Phi) is 8.00. The van der Waals surface area contributed by atoms with E-state index in [1.807, 2.05) is 0 Å². The van der Waals surface area contributed by atoms with Gasteiger partial charge in [0.2, 0.25) is 0 Å². The molecular formula is C2H9F12P3Sn. The van der Waals surface area contributed by atoms with Crippen molar-refractivity contribution in [1.82, 2.24) is 0 Å². The first kappa shape index (κ1) is 27.6. The average Bonchev–Trinajstić information content (AvgIpc) is 1.40. The molecule has 0 fully saturated rings. The fourth-order valence-corrected chi connectivity index (χ4v) is 0. The summed E-state index contributed by atoms with van der Waals surface area (Å²) >= 11 is 0.230. The van der Waals surface area contributed by atoms with E-state index >= 15 is 0 Å². The van der Waals surface area contributed by atoms with E-state index < -0.39 is 15.6 Å². The summed E-state index contributed by atoms with van der Waals surface area (Å²) in [5.41, 5.74) is 0. The first-order valence-corrected chi connectivity index (χ1v) is 12.8. The molecule has 0 aliphatic carbocycles. The molecule has 1 unspecified atom stereocenters. The molecule has 0 rings (SSSR count). The first-order valence-electron chi connectivity index (χ1n) is 3.03. The van der Waals surface area contributed by atoms with Crippen LogP contribution in [0.25, 0.3) is 0 Å². The topological polar surface area (TPSA) is 0 Å². The maximum atomic E-state index is 9.87. The molecule has 16 heteroatoms. The summed E-state index contributed by atoms with van der Waals surface area (Å²) in [6, 6.07) is 0. The normalized spacial score (nSPS) is 18.6. The summed E-state index contributed by atoms with van der Waals surface area (Å²) in [6.45, 7) is 0. The minimum absolute atomic E-state index is 0. The standard InChI is InChI=1S/2CH3.2F6P.H3P.Sn/c;;2*1-7(2,3,4,5)6;;/h2*1H3;;;1H3;/q;;2*-1;;+2. The first-order chi connectivity index (χ1) is 6.31. The van der Waals surface area contributed by atoms with Gasteiger partial charge in [0.1, 0.15) is 0 Å². The van der Waals surface area contributed by atoms with Gasteiger partial charge in [0.25, 0.3) is 0 Å². The SMILES string of the molecule is F[P-](F)(F)(F)(F)F.F[P-](F)(F)(F)(F)F.P.[CH3][Sn+2][CH3]. The third kappa shape index (κ3) is 2920. The van der Waals surface area contributed by atoms with E-state index in [2.05, 4.69) is 9.88 Å². The van der Waals surface area contributed by atoms with E-state index in [4.69, 9.17) is 0 Å². The molecule has 0 nitrogen and oxygen atoms in total. The molecule has 120 valence electrons. The summed E-state index contributed by atoms with van der Waals surface area (Å²) in [6.07, 6.45) is 0. The fourth-order valence-electron chi connectivity index (χ4n) is 0. The quantitative estimate of drug-likeness (QED) is 0.193. The van der Waals surface area contributed by atoms with Crippen molar-refractivity contribution in [2.24, 2.45) is 0 Å². The van der Waals surface area contributed by atoms with E-state index in [0.29, 0.717) is 0 Å². The van der Waals surface area contributed by atoms with Gasteiger partial charge in [-0.3, -0.25) is 0 Å². The van der Waals surface area contributed by atoms with Crippen LogP contribution in [0.5, 0.6) is 0 Å². The molecule has 1 atom stereocenters. The Bertz CT molecular complexity index is 185. The Balaban J connectivity index is -0.0000000857. The summed E-state index contributed by atoms with van der Waals surface area (Å²) in [7, 11) is -21.3. The van der Waals surface area contributed by atoms with E-state index in [-0.39, 0.29) is 31.0 Å². The Morgan fingerprint density at radius 3 is 0.500 bits per heavy atom. The predicted molar refractivity (Wildman–Crippen MR) is 55.7 cm³/mol. The second-order valence-electron chi connectivity index (χ2n) is 2.42. The van der Waals surface area contributed by atoms with E-state index in [0.717, 1.165) is 0 Å². The fraction of sp³-hybridized carbons (Fsp3) is 1.00. The molecule has 0 amide bonds. The van der Waals surface area contributed by atoms with Crippen molar-refractivity contribution in [1.29, 1.82) is 0 Å². The van der Waals surface area contributed by atoms with Gasteiger partial charge in [-0.2, -0.15) is 9.90 Å². The molecule has 0 heterocycles. The van der Waals surface area contributed by atoms with Crippen molar-refractivity contribution in [3.63, 3.8) is 0 Å². The van der Waals surface area contributed by atoms with Gasteiger partial charge in [0.15, 0.2) is 0 Å². The monoisotopic (exact) mass is 474 g/mol. The summed E-state index contributed by atoms with van der Waals surface area (Å²) in [5.74, 6) is 0. The van der Waals surface area contributed by atoms with Gasteiger partial charge in [0, 0.05) is 0 Å². The zero-order valence-electron chi connectivity index (χ0n) is 8.64. The van der Waals surface area contributed by atoms with Crippen LogP contribution in [0.15, 0.2) is 0 Å². The van der Waals surface area contributed by atoms with Crippen molar-refractivity contribution < 1.29 is 50.4 Å². The summed E-state index contributed by atoms with van der Waals surface area (Å²) < 4.78 is 118. The molecule has 0 aromatic heterocycles. The molecule has 0 aromatic rings. The Labute approximate surface area is 107 Å².